The van der Waals surface area contributed by atoms with Crippen LogP contribution in [-0.2, 0) is 4.79 Å². The first kappa shape index (κ1) is 8.72. The normalized spacial score (nSPS) is 24.3. The molecule has 0 aromatic heterocycles. The molecule has 0 aliphatic carbocycles. The Morgan fingerprint density at radius 3 is 2.80 bits per heavy atom. The van der Waals surface area contributed by atoms with Crippen molar-refractivity contribution in [3.63, 3.8) is 0 Å². The van der Waals surface area contributed by atoms with E-state index < -0.39 is 0 Å². The molecule has 1 aromatic rings. The average Bonchev–Trinajstić information content (AvgIpc) is 2.83. The fraction of sp³-hybridized carbons (Fsp3) is 0.308. The van der Waals surface area contributed by atoms with Crippen LogP contribution >= 0.6 is 0 Å². The van der Waals surface area contributed by atoms with Crippen LogP contribution in [0.5, 0.6) is 0 Å². The van der Waals surface area contributed by atoms with Crippen molar-refractivity contribution in [3.8, 4) is 0 Å². The Balaban J connectivity index is 1.94. The van der Waals surface area contributed by atoms with Crippen LogP contribution in [0.4, 0.5) is 0 Å². The summed E-state index contributed by atoms with van der Waals surface area (Å²) in [6, 6.07) is 10.7. The SMILES string of the molecule is O=C1CCC2C(c3ccccc3)=CCN12. The van der Waals surface area contributed by atoms with E-state index in [1.165, 1.54) is 11.1 Å². The fourth-order valence-electron chi connectivity index (χ4n) is 2.56. The summed E-state index contributed by atoms with van der Waals surface area (Å²) in [4.78, 5) is 13.5. The molecule has 0 spiro atoms. The van der Waals surface area contributed by atoms with E-state index in [-0.39, 0.29) is 0 Å². The second-order valence-corrected chi connectivity index (χ2v) is 4.13. The summed E-state index contributed by atoms with van der Waals surface area (Å²) in [5.74, 6) is 0.308. The lowest BCUT2D eigenvalue weighted by Gasteiger charge is -2.18. The van der Waals surface area contributed by atoms with E-state index in [4.69, 9.17) is 0 Å². The molecule has 15 heavy (non-hydrogen) atoms. The Hall–Kier alpha value is -1.57. The Morgan fingerprint density at radius 2 is 2.00 bits per heavy atom. The molecule has 2 heterocycles. The molecule has 0 saturated carbocycles. The van der Waals surface area contributed by atoms with Crippen LogP contribution in [0.25, 0.3) is 5.57 Å². The maximum atomic E-state index is 11.5. The number of fused-ring (bicyclic) bond motifs is 1. The second-order valence-electron chi connectivity index (χ2n) is 4.13. The van der Waals surface area contributed by atoms with E-state index in [1.54, 1.807) is 0 Å². The van der Waals surface area contributed by atoms with Gasteiger partial charge in [0.25, 0.3) is 0 Å². The van der Waals surface area contributed by atoms with Crippen molar-refractivity contribution in [2.24, 2.45) is 0 Å². The molecule has 2 aliphatic heterocycles. The number of amides is 1. The van der Waals surface area contributed by atoms with Crippen molar-refractivity contribution in [2.75, 3.05) is 6.54 Å². The van der Waals surface area contributed by atoms with E-state index >= 15 is 0 Å². The van der Waals surface area contributed by atoms with Crippen molar-refractivity contribution < 1.29 is 4.79 Å². The fourth-order valence-corrected chi connectivity index (χ4v) is 2.56. The van der Waals surface area contributed by atoms with E-state index in [0.29, 0.717) is 11.9 Å². The number of carbonyl (C=O) groups excluding carboxylic acids is 1. The van der Waals surface area contributed by atoms with Crippen molar-refractivity contribution in [2.45, 2.75) is 18.9 Å². The highest BCUT2D eigenvalue weighted by atomic mass is 16.2. The van der Waals surface area contributed by atoms with Gasteiger partial charge in [-0.2, -0.15) is 0 Å². The molecule has 0 bridgehead atoms. The first-order valence-electron chi connectivity index (χ1n) is 5.41. The summed E-state index contributed by atoms with van der Waals surface area (Å²) in [5.41, 5.74) is 2.60. The van der Waals surface area contributed by atoms with Crippen LogP contribution in [-0.4, -0.2) is 23.4 Å². The van der Waals surface area contributed by atoms with Crippen LogP contribution in [0.3, 0.4) is 0 Å². The van der Waals surface area contributed by atoms with Crippen molar-refractivity contribution in [1.29, 1.82) is 0 Å². The molecule has 2 aliphatic rings. The van der Waals surface area contributed by atoms with Gasteiger partial charge in [0.1, 0.15) is 0 Å². The Labute approximate surface area is 89.2 Å². The quantitative estimate of drug-likeness (QED) is 0.678. The van der Waals surface area contributed by atoms with Gasteiger partial charge in [0.15, 0.2) is 0 Å². The van der Waals surface area contributed by atoms with Crippen molar-refractivity contribution in [1.82, 2.24) is 4.90 Å². The van der Waals surface area contributed by atoms with E-state index in [9.17, 15) is 4.79 Å². The molecule has 1 atom stereocenters. The number of hydrogen-bond donors (Lipinski definition) is 0. The van der Waals surface area contributed by atoms with Gasteiger partial charge >= 0.3 is 0 Å². The Morgan fingerprint density at radius 1 is 1.20 bits per heavy atom. The summed E-state index contributed by atoms with van der Waals surface area (Å²) in [5, 5.41) is 0. The maximum Gasteiger partial charge on any atom is 0.223 e. The number of rotatable bonds is 1. The first-order chi connectivity index (χ1) is 7.36. The first-order valence-corrected chi connectivity index (χ1v) is 5.41. The third-order valence-corrected chi connectivity index (χ3v) is 3.30. The largest absolute Gasteiger partial charge is 0.332 e. The number of hydrogen-bond acceptors (Lipinski definition) is 1. The molecule has 1 aromatic carbocycles. The molecular formula is C13H13NO. The molecule has 1 fully saturated rings. The van der Waals surface area contributed by atoms with Crippen LogP contribution in [0.1, 0.15) is 18.4 Å². The number of benzene rings is 1. The molecule has 76 valence electrons. The van der Waals surface area contributed by atoms with Gasteiger partial charge in [-0.25, -0.2) is 0 Å². The molecule has 2 heteroatoms. The third-order valence-electron chi connectivity index (χ3n) is 3.30. The summed E-state index contributed by atoms with van der Waals surface area (Å²) in [6.45, 7) is 0.799. The lowest BCUT2D eigenvalue weighted by molar-refractivity contribution is -0.127. The van der Waals surface area contributed by atoms with Crippen LogP contribution in [0.2, 0.25) is 0 Å². The van der Waals surface area contributed by atoms with E-state index in [0.717, 1.165) is 19.4 Å². The molecule has 2 nitrogen and oxygen atoms in total. The van der Waals surface area contributed by atoms with Gasteiger partial charge in [-0.3, -0.25) is 4.79 Å². The standard InChI is InChI=1S/C13H13NO/c15-13-7-6-12-11(8-9-14(12)13)10-4-2-1-3-5-10/h1-5,8,12H,6-7,9H2. The lowest BCUT2D eigenvalue weighted by atomic mass is 9.99. The van der Waals surface area contributed by atoms with Gasteiger partial charge < -0.3 is 4.90 Å². The molecule has 1 amide bonds. The van der Waals surface area contributed by atoms with Gasteiger partial charge in [0, 0.05) is 13.0 Å². The molecule has 0 N–H and O–H groups in total. The van der Waals surface area contributed by atoms with Gasteiger partial charge in [0.2, 0.25) is 5.91 Å². The second kappa shape index (κ2) is 3.23. The third kappa shape index (κ3) is 1.29. The summed E-state index contributed by atoms with van der Waals surface area (Å²) < 4.78 is 0. The smallest absolute Gasteiger partial charge is 0.223 e. The molecular weight excluding hydrogens is 186 g/mol. The summed E-state index contributed by atoms with van der Waals surface area (Å²) >= 11 is 0. The highest BCUT2D eigenvalue weighted by Gasteiger charge is 2.36. The molecule has 1 saturated heterocycles. The highest BCUT2D eigenvalue weighted by molar-refractivity contribution is 5.86. The predicted octanol–water partition coefficient (Wildman–Crippen LogP) is 2.07. The minimum absolute atomic E-state index is 0.308. The van der Waals surface area contributed by atoms with Crippen LogP contribution in [0.15, 0.2) is 36.4 Å². The van der Waals surface area contributed by atoms with Crippen molar-refractivity contribution >= 4 is 11.5 Å². The van der Waals surface area contributed by atoms with Gasteiger partial charge in [0.05, 0.1) is 6.04 Å². The maximum absolute atomic E-state index is 11.5. The van der Waals surface area contributed by atoms with Gasteiger partial charge in [-0.1, -0.05) is 36.4 Å². The van der Waals surface area contributed by atoms with Crippen molar-refractivity contribution in [3.05, 3.63) is 42.0 Å². The van der Waals surface area contributed by atoms with Crippen LogP contribution in [0, 0.1) is 0 Å². The lowest BCUT2D eigenvalue weighted by Crippen LogP contribution is -2.28. The topological polar surface area (TPSA) is 20.3 Å². The number of nitrogens with zero attached hydrogens (tertiary/aromatic N) is 1. The minimum atomic E-state index is 0.308. The zero-order valence-corrected chi connectivity index (χ0v) is 8.52. The average molecular weight is 199 g/mol. The summed E-state index contributed by atoms with van der Waals surface area (Å²) in [6.07, 6.45) is 3.89. The van der Waals surface area contributed by atoms with Crippen LogP contribution < -0.4 is 0 Å². The zero-order valence-electron chi connectivity index (χ0n) is 8.52. The van der Waals surface area contributed by atoms with E-state index in [1.807, 2.05) is 11.0 Å². The Bertz CT molecular complexity index is 421. The summed E-state index contributed by atoms with van der Waals surface area (Å²) in [7, 11) is 0. The Kier molecular flexibility index (Phi) is 1.88. The number of carbonyl (C=O) groups is 1. The highest BCUT2D eigenvalue weighted by Crippen LogP contribution is 2.35. The van der Waals surface area contributed by atoms with E-state index in [2.05, 4.69) is 30.3 Å². The predicted molar refractivity (Wildman–Crippen MR) is 59.2 cm³/mol. The minimum Gasteiger partial charge on any atom is -0.332 e. The zero-order chi connectivity index (χ0) is 10.3. The molecule has 1 unspecified atom stereocenters. The molecule has 3 rings (SSSR count). The molecule has 0 radical (unpaired) electrons. The monoisotopic (exact) mass is 199 g/mol. The van der Waals surface area contributed by atoms with Gasteiger partial charge in [-0.15, -0.1) is 0 Å². The van der Waals surface area contributed by atoms with Gasteiger partial charge in [-0.05, 0) is 17.6 Å².